The predicted molar refractivity (Wildman–Crippen MR) is 118 cm³/mol. The van der Waals surface area contributed by atoms with E-state index in [9.17, 15) is 9.18 Å². The van der Waals surface area contributed by atoms with E-state index in [1.807, 2.05) is 23.1 Å². The Morgan fingerprint density at radius 2 is 1.73 bits per heavy atom. The molecular weight excluding hydrogens is 381 g/mol. The van der Waals surface area contributed by atoms with E-state index in [1.54, 1.807) is 12.1 Å². The van der Waals surface area contributed by atoms with Crippen molar-refractivity contribution in [2.24, 2.45) is 10.7 Å². The number of piperazine rings is 1. The molecule has 0 bridgehead atoms. The number of carbonyl (C=O) groups is 1. The molecule has 7 heteroatoms. The van der Waals surface area contributed by atoms with Crippen LogP contribution in [-0.2, 0) is 11.2 Å². The zero-order valence-electron chi connectivity index (χ0n) is 17.1. The number of carbonyl (C=O) groups excluding carboxylic acids is 1. The molecule has 2 N–H and O–H groups in total. The summed E-state index contributed by atoms with van der Waals surface area (Å²) in [4.78, 5) is 23.2. The number of aliphatic imine (C=N–C) groups is 1. The Morgan fingerprint density at radius 3 is 2.50 bits per heavy atom. The van der Waals surface area contributed by atoms with Gasteiger partial charge in [-0.1, -0.05) is 18.2 Å². The smallest absolute Gasteiger partial charge is 0.227 e. The lowest BCUT2D eigenvalue weighted by Crippen LogP contribution is -2.51. The number of rotatable bonds is 5. The normalized spacial score (nSPS) is 16.7. The number of hydrogen-bond acceptors (Lipinski definition) is 3. The summed E-state index contributed by atoms with van der Waals surface area (Å²) in [5.74, 6) is 0.468. The molecule has 158 valence electrons. The summed E-state index contributed by atoms with van der Waals surface area (Å²) in [5.41, 5.74) is 9.48. The highest BCUT2D eigenvalue weighted by Gasteiger charge is 2.23. The lowest BCUT2D eigenvalue weighted by molar-refractivity contribution is -0.118. The van der Waals surface area contributed by atoms with Crippen LogP contribution in [0.3, 0.4) is 0 Å². The van der Waals surface area contributed by atoms with Crippen molar-refractivity contribution in [3.05, 3.63) is 59.9 Å². The van der Waals surface area contributed by atoms with Crippen molar-refractivity contribution in [1.82, 2.24) is 4.90 Å². The van der Waals surface area contributed by atoms with Crippen LogP contribution in [0.1, 0.15) is 18.4 Å². The highest BCUT2D eigenvalue weighted by molar-refractivity contribution is 5.95. The van der Waals surface area contributed by atoms with Crippen LogP contribution >= 0.6 is 0 Å². The Balaban J connectivity index is 1.21. The molecule has 4 rings (SSSR count). The Labute approximate surface area is 176 Å². The molecule has 30 heavy (non-hydrogen) atoms. The Hall–Kier alpha value is -3.09. The van der Waals surface area contributed by atoms with Gasteiger partial charge >= 0.3 is 0 Å². The molecule has 1 amide bonds. The molecule has 0 spiro atoms. The quantitative estimate of drug-likeness (QED) is 0.468. The minimum absolute atomic E-state index is 0.154. The molecule has 0 aliphatic carbocycles. The van der Waals surface area contributed by atoms with Gasteiger partial charge < -0.3 is 20.4 Å². The summed E-state index contributed by atoms with van der Waals surface area (Å²) >= 11 is 0. The van der Waals surface area contributed by atoms with E-state index >= 15 is 0 Å². The average molecular weight is 410 g/mol. The third-order valence-electron chi connectivity index (χ3n) is 5.81. The van der Waals surface area contributed by atoms with Crippen LogP contribution in [0.25, 0.3) is 0 Å². The summed E-state index contributed by atoms with van der Waals surface area (Å²) < 4.78 is 13.1. The van der Waals surface area contributed by atoms with Crippen molar-refractivity contribution in [2.45, 2.75) is 19.3 Å². The third kappa shape index (κ3) is 4.56. The lowest BCUT2D eigenvalue weighted by Gasteiger charge is -2.36. The molecule has 2 aromatic carbocycles. The van der Waals surface area contributed by atoms with Crippen molar-refractivity contribution in [2.75, 3.05) is 49.1 Å². The Kier molecular flexibility index (Phi) is 6.16. The van der Waals surface area contributed by atoms with E-state index in [1.165, 1.54) is 17.7 Å². The molecule has 1 saturated heterocycles. The second kappa shape index (κ2) is 9.15. The fourth-order valence-corrected chi connectivity index (χ4v) is 4.10. The van der Waals surface area contributed by atoms with E-state index in [2.05, 4.69) is 20.9 Å². The van der Waals surface area contributed by atoms with E-state index in [0.717, 1.165) is 50.5 Å². The van der Waals surface area contributed by atoms with Gasteiger partial charge in [0, 0.05) is 57.1 Å². The van der Waals surface area contributed by atoms with Gasteiger partial charge in [0.2, 0.25) is 5.91 Å². The maximum atomic E-state index is 13.1. The van der Waals surface area contributed by atoms with Gasteiger partial charge in [0.25, 0.3) is 0 Å². The first-order valence-corrected chi connectivity index (χ1v) is 10.6. The van der Waals surface area contributed by atoms with Crippen LogP contribution < -0.4 is 15.5 Å². The molecule has 0 radical (unpaired) electrons. The number of nitrogens with two attached hydrogens (primary N) is 1. The Morgan fingerprint density at radius 1 is 1.00 bits per heavy atom. The zero-order chi connectivity index (χ0) is 20.9. The Bertz CT molecular complexity index is 906. The van der Waals surface area contributed by atoms with E-state index in [-0.39, 0.29) is 11.7 Å². The highest BCUT2D eigenvalue weighted by atomic mass is 19.1. The van der Waals surface area contributed by atoms with Crippen LogP contribution in [0, 0.1) is 5.82 Å². The molecule has 0 saturated carbocycles. The topological polar surface area (TPSA) is 65.2 Å². The van der Waals surface area contributed by atoms with Crippen LogP contribution in [0.15, 0.2) is 53.5 Å². The molecule has 2 aliphatic heterocycles. The fourth-order valence-electron chi connectivity index (χ4n) is 4.10. The summed E-state index contributed by atoms with van der Waals surface area (Å²) in [5, 5.41) is 0. The number of anilines is 2. The summed E-state index contributed by atoms with van der Waals surface area (Å²) in [7, 11) is 0. The molecule has 0 atom stereocenters. The van der Waals surface area contributed by atoms with Gasteiger partial charge in [-0.3, -0.25) is 9.79 Å². The molecule has 0 unspecified atom stereocenters. The summed E-state index contributed by atoms with van der Waals surface area (Å²) in [6.07, 6.45) is 2.09. The number of hydrogen-bond donors (Lipinski definition) is 1. The molecule has 2 aliphatic rings. The monoisotopic (exact) mass is 409 g/mol. The minimum atomic E-state index is -0.221. The van der Waals surface area contributed by atoms with E-state index in [4.69, 9.17) is 5.73 Å². The lowest BCUT2D eigenvalue weighted by atomic mass is 10.2. The zero-order valence-corrected chi connectivity index (χ0v) is 17.1. The summed E-state index contributed by atoms with van der Waals surface area (Å²) in [6, 6.07) is 14.7. The molecule has 2 aromatic rings. The van der Waals surface area contributed by atoms with Crippen molar-refractivity contribution < 1.29 is 9.18 Å². The molecular formula is C23H28FN5O. The van der Waals surface area contributed by atoms with Crippen molar-refractivity contribution in [3.63, 3.8) is 0 Å². The predicted octanol–water partition coefficient (Wildman–Crippen LogP) is 2.63. The van der Waals surface area contributed by atoms with Gasteiger partial charge in [0.05, 0.1) is 0 Å². The molecule has 6 nitrogen and oxygen atoms in total. The van der Waals surface area contributed by atoms with Crippen molar-refractivity contribution in [1.29, 1.82) is 0 Å². The van der Waals surface area contributed by atoms with E-state index < -0.39 is 0 Å². The first-order valence-electron chi connectivity index (χ1n) is 10.6. The standard InChI is InChI=1S/C23H28FN5O/c24-19-7-9-20(10-8-19)27-14-16-28(17-15-27)23(25)26-12-3-6-22(30)29-13-11-18-4-1-2-5-21(18)29/h1-2,4-5,7-10H,3,6,11-17H2,(H2,25,26). The highest BCUT2D eigenvalue weighted by Crippen LogP contribution is 2.28. The third-order valence-corrected chi connectivity index (χ3v) is 5.81. The first kappa shape index (κ1) is 20.2. The van der Waals surface area contributed by atoms with Gasteiger partial charge in [0.15, 0.2) is 5.96 Å². The second-order valence-corrected chi connectivity index (χ2v) is 7.72. The van der Waals surface area contributed by atoms with Gasteiger partial charge in [0.1, 0.15) is 5.82 Å². The number of fused-ring (bicyclic) bond motifs is 1. The fraction of sp³-hybridized carbons (Fsp3) is 0.391. The average Bonchev–Trinajstić information content (AvgIpc) is 3.21. The van der Waals surface area contributed by atoms with Crippen LogP contribution in [0.2, 0.25) is 0 Å². The molecule has 0 aromatic heterocycles. The minimum Gasteiger partial charge on any atom is -0.370 e. The number of para-hydroxylation sites is 1. The SMILES string of the molecule is NC(=NCCCC(=O)N1CCc2ccccc21)N1CCN(c2ccc(F)cc2)CC1. The number of guanidine groups is 1. The van der Waals surface area contributed by atoms with Gasteiger partial charge in [-0.15, -0.1) is 0 Å². The largest absolute Gasteiger partial charge is 0.370 e. The van der Waals surface area contributed by atoms with Crippen LogP contribution in [-0.4, -0.2) is 56.0 Å². The number of benzene rings is 2. The molecule has 2 heterocycles. The second-order valence-electron chi connectivity index (χ2n) is 7.72. The van der Waals surface area contributed by atoms with Crippen LogP contribution in [0.4, 0.5) is 15.8 Å². The van der Waals surface area contributed by atoms with Crippen molar-refractivity contribution >= 4 is 23.2 Å². The van der Waals surface area contributed by atoms with E-state index in [0.29, 0.717) is 25.3 Å². The maximum Gasteiger partial charge on any atom is 0.227 e. The maximum absolute atomic E-state index is 13.1. The van der Waals surface area contributed by atoms with Gasteiger partial charge in [-0.2, -0.15) is 0 Å². The number of halogens is 1. The summed E-state index contributed by atoms with van der Waals surface area (Å²) in [6.45, 7) is 4.49. The number of nitrogens with zero attached hydrogens (tertiary/aromatic N) is 4. The van der Waals surface area contributed by atoms with Crippen molar-refractivity contribution in [3.8, 4) is 0 Å². The molecule has 1 fully saturated rings. The van der Waals surface area contributed by atoms with Gasteiger partial charge in [-0.05, 0) is 48.7 Å². The van der Waals surface area contributed by atoms with Crippen LogP contribution in [0.5, 0.6) is 0 Å². The number of amides is 1. The van der Waals surface area contributed by atoms with Gasteiger partial charge in [-0.25, -0.2) is 4.39 Å². The first-order chi connectivity index (χ1) is 14.6.